The van der Waals surface area contributed by atoms with Crippen LogP contribution >= 0.6 is 11.3 Å². The summed E-state index contributed by atoms with van der Waals surface area (Å²) in [7, 11) is 0. The van der Waals surface area contributed by atoms with Gasteiger partial charge in [0.1, 0.15) is 12.4 Å². The lowest BCUT2D eigenvalue weighted by Gasteiger charge is -2.29. The van der Waals surface area contributed by atoms with Crippen LogP contribution in [0.15, 0.2) is 84.2 Å². The van der Waals surface area contributed by atoms with Crippen molar-refractivity contribution in [1.29, 1.82) is 0 Å². The van der Waals surface area contributed by atoms with Crippen molar-refractivity contribution >= 4 is 22.4 Å². The zero-order chi connectivity index (χ0) is 24.7. The second-order valence-electron chi connectivity index (χ2n) is 9.20. The second-order valence-corrected chi connectivity index (χ2v) is 10.0. The maximum absolute atomic E-state index is 11.2. The number of benzene rings is 3. The molecular weight excluding hydrogens is 468 g/mol. The molecule has 36 heavy (non-hydrogen) atoms. The Morgan fingerprint density at radius 2 is 1.53 bits per heavy atom. The summed E-state index contributed by atoms with van der Waals surface area (Å²) in [5.74, 6) is -0.123. The van der Waals surface area contributed by atoms with Crippen LogP contribution in [0, 0.1) is 5.92 Å². The molecule has 0 atom stereocenters. The molecule has 5 nitrogen and oxygen atoms in total. The highest BCUT2D eigenvalue weighted by molar-refractivity contribution is 7.14. The molecule has 4 aromatic rings. The Morgan fingerprint density at radius 3 is 2.25 bits per heavy atom. The van der Waals surface area contributed by atoms with Crippen LogP contribution in [0.4, 0.5) is 5.13 Å². The van der Waals surface area contributed by atoms with Gasteiger partial charge in [0, 0.05) is 24.0 Å². The topological polar surface area (TPSA) is 62.7 Å². The minimum atomic E-state index is -0.692. The third-order valence-electron chi connectivity index (χ3n) is 6.73. The number of para-hydroxylation sites is 1. The molecule has 0 radical (unpaired) electrons. The van der Waals surface area contributed by atoms with Crippen LogP contribution in [-0.2, 0) is 24.2 Å². The molecule has 0 aliphatic carbocycles. The van der Waals surface area contributed by atoms with E-state index in [9.17, 15) is 9.90 Å². The third kappa shape index (κ3) is 5.94. The van der Waals surface area contributed by atoms with Crippen LogP contribution in [0.1, 0.15) is 29.5 Å². The predicted octanol–water partition coefficient (Wildman–Crippen LogP) is 6.48. The van der Waals surface area contributed by atoms with E-state index in [0.717, 1.165) is 53.6 Å². The molecule has 1 fully saturated rings. The van der Waals surface area contributed by atoms with Crippen molar-refractivity contribution in [2.45, 2.75) is 32.3 Å². The fourth-order valence-corrected chi connectivity index (χ4v) is 5.43. The highest BCUT2D eigenvalue weighted by Gasteiger charge is 2.26. The SMILES string of the molecule is O=C(O)C1CCN(c2nc(-c3ccccc3OCc3ccc(CCc4ccccc4)cc3)cs2)CC1. The summed E-state index contributed by atoms with van der Waals surface area (Å²) < 4.78 is 6.23. The summed E-state index contributed by atoms with van der Waals surface area (Å²) >= 11 is 1.60. The van der Waals surface area contributed by atoms with Crippen LogP contribution in [0.3, 0.4) is 0 Å². The lowest BCUT2D eigenvalue weighted by molar-refractivity contribution is -0.142. The number of rotatable bonds is 9. The molecule has 1 aromatic heterocycles. The molecule has 3 aromatic carbocycles. The third-order valence-corrected chi connectivity index (χ3v) is 7.63. The van der Waals surface area contributed by atoms with Crippen molar-refractivity contribution in [2.24, 2.45) is 5.92 Å². The van der Waals surface area contributed by atoms with Gasteiger partial charge in [-0.05, 0) is 54.5 Å². The Hall–Kier alpha value is -3.64. The van der Waals surface area contributed by atoms with Crippen molar-refractivity contribution in [3.63, 3.8) is 0 Å². The molecule has 0 amide bonds. The van der Waals surface area contributed by atoms with Gasteiger partial charge >= 0.3 is 5.97 Å². The first kappa shape index (κ1) is 24.1. The van der Waals surface area contributed by atoms with Crippen molar-refractivity contribution in [3.8, 4) is 17.0 Å². The summed E-state index contributed by atoms with van der Waals surface area (Å²) in [5, 5.41) is 12.2. The first-order valence-electron chi connectivity index (χ1n) is 12.4. The quantitative estimate of drug-likeness (QED) is 0.286. The standard InChI is InChI=1S/C30H30N2O3S/c33-29(34)25-16-18-32(19-17-25)30-31-27(21-36-30)26-8-4-5-9-28(26)35-20-24-14-12-23(13-15-24)11-10-22-6-2-1-3-7-22/h1-9,12-15,21,25H,10-11,16-20H2,(H,33,34). The van der Waals surface area contributed by atoms with Gasteiger partial charge in [-0.25, -0.2) is 4.98 Å². The largest absolute Gasteiger partial charge is 0.488 e. The lowest BCUT2D eigenvalue weighted by Crippen LogP contribution is -2.36. The number of aliphatic carboxylic acids is 1. The monoisotopic (exact) mass is 498 g/mol. The van der Waals surface area contributed by atoms with E-state index in [4.69, 9.17) is 9.72 Å². The Morgan fingerprint density at radius 1 is 0.889 bits per heavy atom. The Labute approximate surface area is 216 Å². The number of thiazole rings is 1. The smallest absolute Gasteiger partial charge is 0.306 e. The van der Waals surface area contributed by atoms with Gasteiger partial charge in [-0.15, -0.1) is 11.3 Å². The predicted molar refractivity (Wildman–Crippen MR) is 145 cm³/mol. The van der Waals surface area contributed by atoms with E-state index in [1.54, 1.807) is 11.3 Å². The van der Waals surface area contributed by atoms with Crippen molar-refractivity contribution < 1.29 is 14.6 Å². The molecule has 1 aliphatic rings. The molecule has 184 valence electrons. The summed E-state index contributed by atoms with van der Waals surface area (Å²) in [6, 6.07) is 27.2. The van der Waals surface area contributed by atoms with Gasteiger partial charge in [-0.3, -0.25) is 4.79 Å². The zero-order valence-electron chi connectivity index (χ0n) is 20.2. The molecule has 6 heteroatoms. The molecular formula is C30H30N2O3S. The molecule has 0 saturated carbocycles. The van der Waals surface area contributed by atoms with E-state index in [-0.39, 0.29) is 5.92 Å². The van der Waals surface area contributed by atoms with Crippen LogP contribution in [-0.4, -0.2) is 29.1 Å². The average molecular weight is 499 g/mol. The number of nitrogens with zero attached hydrogens (tertiary/aromatic N) is 2. The van der Waals surface area contributed by atoms with Gasteiger partial charge < -0.3 is 14.7 Å². The average Bonchev–Trinajstić information content (AvgIpc) is 3.42. The van der Waals surface area contributed by atoms with Gasteiger partial charge in [-0.1, -0.05) is 66.7 Å². The number of aromatic nitrogens is 1. The van der Waals surface area contributed by atoms with Crippen LogP contribution in [0.5, 0.6) is 5.75 Å². The number of hydrogen-bond donors (Lipinski definition) is 1. The van der Waals surface area contributed by atoms with Gasteiger partial charge in [0.25, 0.3) is 0 Å². The number of aryl methyl sites for hydroxylation is 2. The molecule has 1 saturated heterocycles. The Kier molecular flexibility index (Phi) is 7.62. The minimum absolute atomic E-state index is 0.243. The molecule has 1 aliphatic heterocycles. The summed E-state index contributed by atoms with van der Waals surface area (Å²) in [6.45, 7) is 1.95. The number of carbonyl (C=O) groups is 1. The summed E-state index contributed by atoms with van der Waals surface area (Å²) in [6.07, 6.45) is 3.38. The van der Waals surface area contributed by atoms with Crippen LogP contribution in [0.25, 0.3) is 11.3 Å². The molecule has 0 unspecified atom stereocenters. The van der Waals surface area contributed by atoms with Crippen molar-refractivity contribution in [3.05, 3.63) is 101 Å². The highest BCUT2D eigenvalue weighted by Crippen LogP contribution is 2.35. The van der Waals surface area contributed by atoms with Gasteiger partial charge in [0.05, 0.1) is 11.6 Å². The maximum atomic E-state index is 11.2. The van der Waals surface area contributed by atoms with Crippen LogP contribution < -0.4 is 9.64 Å². The van der Waals surface area contributed by atoms with Gasteiger partial charge in [0.15, 0.2) is 5.13 Å². The van der Waals surface area contributed by atoms with E-state index >= 15 is 0 Å². The maximum Gasteiger partial charge on any atom is 0.306 e. The van der Waals surface area contributed by atoms with E-state index in [1.807, 2.05) is 24.3 Å². The van der Waals surface area contributed by atoms with E-state index in [0.29, 0.717) is 19.4 Å². The fourth-order valence-electron chi connectivity index (χ4n) is 4.55. The number of anilines is 1. The van der Waals surface area contributed by atoms with E-state index < -0.39 is 5.97 Å². The Bertz CT molecular complexity index is 1280. The number of hydrogen-bond acceptors (Lipinski definition) is 5. The van der Waals surface area contributed by atoms with Crippen molar-refractivity contribution in [2.75, 3.05) is 18.0 Å². The first-order chi connectivity index (χ1) is 17.7. The molecule has 0 spiro atoms. The lowest BCUT2D eigenvalue weighted by atomic mass is 9.97. The number of carboxylic acids is 1. The summed E-state index contributed by atoms with van der Waals surface area (Å²) in [5.41, 5.74) is 5.68. The van der Waals surface area contributed by atoms with E-state index in [2.05, 4.69) is 64.9 Å². The number of piperidine rings is 1. The van der Waals surface area contributed by atoms with Gasteiger partial charge in [-0.2, -0.15) is 0 Å². The second kappa shape index (κ2) is 11.4. The molecule has 5 rings (SSSR count). The van der Waals surface area contributed by atoms with Gasteiger partial charge in [0.2, 0.25) is 0 Å². The normalized spacial score (nSPS) is 14.1. The highest BCUT2D eigenvalue weighted by atomic mass is 32.1. The zero-order valence-corrected chi connectivity index (χ0v) is 21.0. The molecule has 2 heterocycles. The minimum Gasteiger partial charge on any atom is -0.488 e. The molecule has 0 bridgehead atoms. The molecule has 1 N–H and O–H groups in total. The van der Waals surface area contributed by atoms with Crippen molar-refractivity contribution in [1.82, 2.24) is 4.98 Å². The fraction of sp³-hybridized carbons (Fsp3) is 0.267. The first-order valence-corrected chi connectivity index (χ1v) is 13.3. The number of ether oxygens (including phenoxy) is 1. The van der Waals surface area contributed by atoms with Crippen LogP contribution in [0.2, 0.25) is 0 Å². The van der Waals surface area contributed by atoms with E-state index in [1.165, 1.54) is 11.1 Å². The Balaban J connectivity index is 1.20. The number of carboxylic acid groups (broad SMARTS) is 1. The summed E-state index contributed by atoms with van der Waals surface area (Å²) in [4.78, 5) is 18.3.